The van der Waals surface area contributed by atoms with Crippen LogP contribution in [0.4, 0.5) is 5.69 Å². The number of hydrogen-bond donors (Lipinski definition) is 1. The molecule has 2 aromatic rings. The van der Waals surface area contributed by atoms with Gasteiger partial charge in [0.25, 0.3) is 0 Å². The number of aromatic nitrogens is 6. The number of aryl methyl sites for hydroxylation is 2. The highest BCUT2D eigenvalue weighted by Crippen LogP contribution is 2.45. The average Bonchev–Trinajstić information content (AvgIpc) is 3.49. The van der Waals surface area contributed by atoms with E-state index < -0.39 is 0 Å². The van der Waals surface area contributed by atoms with Gasteiger partial charge in [-0.1, -0.05) is 6.92 Å². The Morgan fingerprint density at radius 2 is 1.76 bits per heavy atom. The van der Waals surface area contributed by atoms with Gasteiger partial charge in [-0.25, -0.2) is 4.68 Å². The van der Waals surface area contributed by atoms with Crippen molar-refractivity contribution in [2.45, 2.75) is 89.4 Å². The molecule has 188 valence electrons. The Kier molecular flexibility index (Phi) is 6.90. The Hall–Kier alpha value is -2.04. The van der Waals surface area contributed by atoms with Crippen LogP contribution in [0.5, 0.6) is 0 Å². The molecule has 4 heterocycles. The Morgan fingerprint density at radius 1 is 1.06 bits per heavy atom. The standard InChI is InChI=1S/C24H40N8O2/c1-4-11-31-22(26-28-29-31)24(9-7-23(3,8-10-24)30-12-16-34-17-13-30)25-21-18-32(27-19(21)2)20-5-14-33-15-6-20/h18,20,25H,4-17H2,1-3H3. The Morgan fingerprint density at radius 3 is 2.47 bits per heavy atom. The van der Waals surface area contributed by atoms with Crippen LogP contribution in [-0.2, 0) is 21.6 Å². The number of hydrogen-bond acceptors (Lipinski definition) is 8. The van der Waals surface area contributed by atoms with Crippen LogP contribution in [0.1, 0.15) is 76.4 Å². The van der Waals surface area contributed by atoms with E-state index in [-0.39, 0.29) is 11.1 Å². The third-order valence-electron chi connectivity index (χ3n) is 8.21. The van der Waals surface area contributed by atoms with Gasteiger partial charge in [0.1, 0.15) is 0 Å². The summed E-state index contributed by atoms with van der Waals surface area (Å²) in [4.78, 5) is 2.63. The number of rotatable bonds is 7. The molecule has 10 heteroatoms. The molecule has 2 aromatic heterocycles. The molecule has 10 nitrogen and oxygen atoms in total. The molecule has 1 saturated carbocycles. The molecule has 0 atom stereocenters. The molecule has 0 bridgehead atoms. The largest absolute Gasteiger partial charge is 0.381 e. The topological polar surface area (TPSA) is 95.2 Å². The van der Waals surface area contributed by atoms with Crippen LogP contribution in [0, 0.1) is 6.92 Å². The second-order valence-corrected chi connectivity index (χ2v) is 10.5. The minimum atomic E-state index is -0.307. The van der Waals surface area contributed by atoms with E-state index in [2.05, 4.69) is 57.4 Å². The van der Waals surface area contributed by atoms with Gasteiger partial charge in [-0.05, 0) is 69.2 Å². The van der Waals surface area contributed by atoms with Gasteiger partial charge in [-0.15, -0.1) is 5.10 Å². The number of anilines is 1. The second kappa shape index (κ2) is 9.91. The smallest absolute Gasteiger partial charge is 0.176 e. The lowest BCUT2D eigenvalue weighted by Crippen LogP contribution is -2.56. The SMILES string of the molecule is CCCn1nnnc1C1(Nc2cn(C3CCOCC3)nc2C)CCC(C)(N2CCOCC2)CC1. The number of ether oxygens (including phenoxy) is 2. The predicted molar refractivity (Wildman–Crippen MR) is 129 cm³/mol. The third-order valence-corrected chi connectivity index (χ3v) is 8.21. The van der Waals surface area contributed by atoms with Crippen LogP contribution in [0.15, 0.2) is 6.20 Å². The monoisotopic (exact) mass is 472 g/mol. The van der Waals surface area contributed by atoms with Crippen LogP contribution < -0.4 is 5.32 Å². The van der Waals surface area contributed by atoms with Crippen molar-refractivity contribution in [3.63, 3.8) is 0 Å². The van der Waals surface area contributed by atoms with Crippen LogP contribution in [0.2, 0.25) is 0 Å². The van der Waals surface area contributed by atoms with E-state index >= 15 is 0 Å². The van der Waals surface area contributed by atoms with Crippen LogP contribution in [0.3, 0.4) is 0 Å². The summed E-state index contributed by atoms with van der Waals surface area (Å²) in [7, 11) is 0. The maximum absolute atomic E-state index is 5.62. The predicted octanol–water partition coefficient (Wildman–Crippen LogP) is 2.91. The Balaban J connectivity index is 1.42. The first kappa shape index (κ1) is 23.7. The Labute approximate surface area is 202 Å². The van der Waals surface area contributed by atoms with Gasteiger partial charge in [0.2, 0.25) is 0 Å². The zero-order chi connectivity index (χ0) is 23.6. The van der Waals surface area contributed by atoms with Crippen molar-refractivity contribution < 1.29 is 9.47 Å². The summed E-state index contributed by atoms with van der Waals surface area (Å²) in [6.45, 7) is 12.8. The molecule has 1 N–H and O–H groups in total. The van der Waals surface area contributed by atoms with Crippen molar-refractivity contribution >= 4 is 5.69 Å². The summed E-state index contributed by atoms with van der Waals surface area (Å²) in [5.74, 6) is 0.955. The van der Waals surface area contributed by atoms with E-state index in [4.69, 9.17) is 14.6 Å². The summed E-state index contributed by atoms with van der Waals surface area (Å²) >= 11 is 0. The first-order valence-electron chi connectivity index (χ1n) is 13.0. The molecular weight excluding hydrogens is 432 g/mol. The highest BCUT2D eigenvalue weighted by Gasteiger charge is 2.47. The van der Waals surface area contributed by atoms with E-state index in [0.29, 0.717) is 6.04 Å². The van der Waals surface area contributed by atoms with Gasteiger partial charge < -0.3 is 14.8 Å². The molecule has 3 aliphatic rings. The van der Waals surface area contributed by atoms with E-state index in [9.17, 15) is 0 Å². The molecule has 34 heavy (non-hydrogen) atoms. The summed E-state index contributed by atoms with van der Waals surface area (Å²) in [5.41, 5.74) is 1.99. The Bertz CT molecular complexity index is 937. The van der Waals surface area contributed by atoms with Crippen molar-refractivity contribution in [2.75, 3.05) is 44.8 Å². The molecule has 2 saturated heterocycles. The number of tetrazole rings is 1. The lowest BCUT2D eigenvalue weighted by molar-refractivity contribution is -0.0368. The van der Waals surface area contributed by atoms with Crippen LogP contribution in [-0.4, -0.2) is 79.9 Å². The maximum Gasteiger partial charge on any atom is 0.176 e. The van der Waals surface area contributed by atoms with E-state index in [1.165, 1.54) is 0 Å². The minimum absolute atomic E-state index is 0.180. The van der Waals surface area contributed by atoms with Crippen molar-refractivity contribution in [1.82, 2.24) is 34.9 Å². The van der Waals surface area contributed by atoms with Crippen molar-refractivity contribution in [3.05, 3.63) is 17.7 Å². The molecule has 0 radical (unpaired) electrons. The maximum atomic E-state index is 5.62. The van der Waals surface area contributed by atoms with E-state index in [1.807, 2.05) is 4.68 Å². The molecule has 2 aliphatic heterocycles. The molecule has 3 fully saturated rings. The quantitative estimate of drug-likeness (QED) is 0.657. The zero-order valence-electron chi connectivity index (χ0n) is 21.0. The molecule has 0 spiro atoms. The minimum Gasteiger partial charge on any atom is -0.381 e. The first-order chi connectivity index (χ1) is 16.5. The van der Waals surface area contributed by atoms with Crippen molar-refractivity contribution in [1.29, 1.82) is 0 Å². The van der Waals surface area contributed by atoms with Gasteiger partial charge in [0, 0.05) is 44.6 Å². The van der Waals surface area contributed by atoms with Gasteiger partial charge >= 0.3 is 0 Å². The average molecular weight is 473 g/mol. The fourth-order valence-electron chi connectivity index (χ4n) is 5.95. The molecule has 5 rings (SSSR count). The first-order valence-corrected chi connectivity index (χ1v) is 13.0. The number of morpholine rings is 1. The zero-order valence-corrected chi connectivity index (χ0v) is 21.0. The van der Waals surface area contributed by atoms with Gasteiger partial charge in [0.05, 0.1) is 36.2 Å². The third kappa shape index (κ3) is 4.59. The van der Waals surface area contributed by atoms with Gasteiger partial charge in [-0.2, -0.15) is 5.10 Å². The van der Waals surface area contributed by atoms with Crippen LogP contribution >= 0.6 is 0 Å². The fourth-order valence-corrected chi connectivity index (χ4v) is 5.95. The lowest BCUT2D eigenvalue weighted by Gasteiger charge is -2.50. The van der Waals surface area contributed by atoms with Crippen molar-refractivity contribution in [2.24, 2.45) is 0 Å². The molecule has 1 aliphatic carbocycles. The van der Waals surface area contributed by atoms with Crippen molar-refractivity contribution in [3.8, 4) is 0 Å². The summed E-state index contributed by atoms with van der Waals surface area (Å²) in [5, 5.41) is 21.8. The molecular formula is C24H40N8O2. The molecule has 0 aromatic carbocycles. The second-order valence-electron chi connectivity index (χ2n) is 10.5. The van der Waals surface area contributed by atoms with Gasteiger partial charge in [0.15, 0.2) is 5.82 Å². The molecule has 0 amide bonds. The van der Waals surface area contributed by atoms with Gasteiger partial charge in [-0.3, -0.25) is 9.58 Å². The highest BCUT2D eigenvalue weighted by atomic mass is 16.5. The van der Waals surface area contributed by atoms with Crippen LogP contribution in [0.25, 0.3) is 0 Å². The summed E-state index contributed by atoms with van der Waals surface area (Å²) in [6.07, 6.45) is 9.35. The normalized spacial score (nSPS) is 29.4. The number of nitrogens with one attached hydrogen (secondary N) is 1. The fraction of sp³-hybridized carbons (Fsp3) is 0.833. The summed E-state index contributed by atoms with van der Waals surface area (Å²) in [6, 6.07) is 0.403. The highest BCUT2D eigenvalue weighted by molar-refractivity contribution is 5.49. The molecule has 0 unspecified atom stereocenters. The summed E-state index contributed by atoms with van der Waals surface area (Å²) < 4.78 is 15.3. The van der Waals surface area contributed by atoms with E-state index in [0.717, 1.165) is 108 Å². The lowest BCUT2D eigenvalue weighted by atomic mass is 9.71. The number of nitrogens with zero attached hydrogens (tertiary/aromatic N) is 7. The van der Waals surface area contributed by atoms with E-state index in [1.54, 1.807) is 0 Å².